The molecule has 2 nitrogen and oxygen atoms in total. The molecule has 0 saturated carbocycles. The summed E-state index contributed by atoms with van der Waals surface area (Å²) < 4.78 is 0. The van der Waals surface area contributed by atoms with Gasteiger partial charge in [0.15, 0.2) is 0 Å². The predicted molar refractivity (Wildman–Crippen MR) is 57.7 cm³/mol. The molecule has 2 heteroatoms. The highest BCUT2D eigenvalue weighted by Crippen LogP contribution is 2.31. The minimum atomic E-state index is 0.417. The summed E-state index contributed by atoms with van der Waals surface area (Å²) in [5.41, 5.74) is 6.01. The fourth-order valence-corrected chi connectivity index (χ4v) is 2.39. The lowest BCUT2D eigenvalue weighted by Gasteiger charge is -2.45. The van der Waals surface area contributed by atoms with Crippen molar-refractivity contribution < 1.29 is 0 Å². The minimum Gasteiger partial charge on any atom is -0.330 e. The Morgan fingerprint density at radius 2 is 2.15 bits per heavy atom. The van der Waals surface area contributed by atoms with Crippen molar-refractivity contribution in [3.63, 3.8) is 0 Å². The van der Waals surface area contributed by atoms with Crippen molar-refractivity contribution in [1.29, 1.82) is 0 Å². The molecule has 0 aliphatic carbocycles. The van der Waals surface area contributed by atoms with E-state index < -0.39 is 0 Å². The minimum absolute atomic E-state index is 0.417. The van der Waals surface area contributed by atoms with Crippen molar-refractivity contribution in [3.05, 3.63) is 0 Å². The summed E-state index contributed by atoms with van der Waals surface area (Å²) in [6.45, 7) is 10.2. The van der Waals surface area contributed by atoms with Crippen molar-refractivity contribution in [2.24, 2.45) is 11.7 Å². The Kier molecular flexibility index (Phi) is 3.74. The number of piperidine rings is 1. The Morgan fingerprint density at radius 3 is 2.69 bits per heavy atom. The molecule has 1 fully saturated rings. The summed E-state index contributed by atoms with van der Waals surface area (Å²) in [4.78, 5) is 2.59. The molecule has 1 aliphatic heterocycles. The van der Waals surface area contributed by atoms with Gasteiger partial charge in [0, 0.05) is 12.1 Å². The van der Waals surface area contributed by atoms with Crippen LogP contribution in [0.1, 0.15) is 40.0 Å². The highest BCUT2D eigenvalue weighted by molar-refractivity contribution is 4.88. The predicted octanol–water partition coefficient (Wildman–Crippen LogP) is 1.85. The summed E-state index contributed by atoms with van der Waals surface area (Å²) in [5.74, 6) is 0.845. The Balaban J connectivity index is 2.48. The fourth-order valence-electron chi connectivity index (χ4n) is 2.39. The van der Waals surface area contributed by atoms with Gasteiger partial charge in [0.25, 0.3) is 0 Å². The molecule has 0 amide bonds. The van der Waals surface area contributed by atoms with Gasteiger partial charge in [-0.25, -0.2) is 0 Å². The lowest BCUT2D eigenvalue weighted by Crippen LogP contribution is -2.50. The Labute approximate surface area is 82.5 Å². The quantitative estimate of drug-likeness (QED) is 0.725. The van der Waals surface area contributed by atoms with Gasteiger partial charge in [0.2, 0.25) is 0 Å². The van der Waals surface area contributed by atoms with Gasteiger partial charge < -0.3 is 5.73 Å². The van der Waals surface area contributed by atoms with E-state index >= 15 is 0 Å². The molecule has 1 saturated heterocycles. The fraction of sp³-hybridized carbons (Fsp3) is 1.00. The van der Waals surface area contributed by atoms with Crippen LogP contribution in [0, 0.1) is 5.92 Å². The molecule has 1 aliphatic rings. The van der Waals surface area contributed by atoms with Gasteiger partial charge in [-0.1, -0.05) is 6.92 Å². The van der Waals surface area contributed by atoms with Crippen LogP contribution in [0.4, 0.5) is 0 Å². The van der Waals surface area contributed by atoms with Crippen LogP contribution in [0.25, 0.3) is 0 Å². The average Bonchev–Trinajstić information content (AvgIpc) is 2.08. The van der Waals surface area contributed by atoms with E-state index in [2.05, 4.69) is 25.7 Å². The maximum Gasteiger partial charge on any atom is 0.0153 e. The standard InChI is InChI=1S/C11H24N2/c1-4-13-9-10(6-8-12)5-7-11(13,2)3/h10H,4-9,12H2,1-3H3. The zero-order chi connectivity index (χ0) is 9.90. The molecule has 0 bridgehead atoms. The first-order valence-electron chi connectivity index (χ1n) is 5.55. The molecule has 1 rings (SSSR count). The van der Waals surface area contributed by atoms with E-state index in [1.807, 2.05) is 0 Å². The third kappa shape index (κ3) is 2.68. The van der Waals surface area contributed by atoms with Crippen LogP contribution < -0.4 is 5.73 Å². The largest absolute Gasteiger partial charge is 0.330 e. The molecule has 2 N–H and O–H groups in total. The molecule has 1 heterocycles. The number of nitrogens with zero attached hydrogens (tertiary/aromatic N) is 1. The van der Waals surface area contributed by atoms with E-state index in [1.54, 1.807) is 0 Å². The molecule has 0 radical (unpaired) electrons. The first-order valence-corrected chi connectivity index (χ1v) is 5.55. The van der Waals surface area contributed by atoms with Gasteiger partial charge >= 0.3 is 0 Å². The summed E-state index contributed by atoms with van der Waals surface area (Å²) in [6, 6.07) is 0. The molecule has 0 spiro atoms. The highest BCUT2D eigenvalue weighted by Gasteiger charge is 2.32. The van der Waals surface area contributed by atoms with Crippen molar-refractivity contribution in [2.45, 2.75) is 45.6 Å². The number of rotatable bonds is 3. The van der Waals surface area contributed by atoms with Crippen LogP contribution >= 0.6 is 0 Å². The van der Waals surface area contributed by atoms with Crippen molar-refractivity contribution in [3.8, 4) is 0 Å². The second kappa shape index (κ2) is 4.43. The smallest absolute Gasteiger partial charge is 0.0153 e. The zero-order valence-electron chi connectivity index (χ0n) is 9.34. The van der Waals surface area contributed by atoms with Gasteiger partial charge in [-0.2, -0.15) is 0 Å². The van der Waals surface area contributed by atoms with Crippen LogP contribution in [-0.4, -0.2) is 30.1 Å². The van der Waals surface area contributed by atoms with E-state index in [1.165, 1.54) is 32.4 Å². The van der Waals surface area contributed by atoms with E-state index in [-0.39, 0.29) is 0 Å². The monoisotopic (exact) mass is 184 g/mol. The van der Waals surface area contributed by atoms with E-state index in [4.69, 9.17) is 5.73 Å². The lowest BCUT2D eigenvalue weighted by molar-refractivity contribution is 0.0486. The van der Waals surface area contributed by atoms with Gasteiger partial charge in [-0.05, 0) is 52.1 Å². The molecule has 0 aromatic carbocycles. The lowest BCUT2D eigenvalue weighted by atomic mass is 9.83. The van der Waals surface area contributed by atoms with Gasteiger partial charge in [-0.3, -0.25) is 4.90 Å². The molecule has 0 aromatic rings. The molecule has 13 heavy (non-hydrogen) atoms. The normalized spacial score (nSPS) is 29.1. The van der Waals surface area contributed by atoms with Crippen LogP contribution in [0.15, 0.2) is 0 Å². The molecule has 1 unspecified atom stereocenters. The zero-order valence-corrected chi connectivity index (χ0v) is 9.34. The topological polar surface area (TPSA) is 29.3 Å². The van der Waals surface area contributed by atoms with Gasteiger partial charge in [0.05, 0.1) is 0 Å². The maximum atomic E-state index is 5.60. The molecule has 1 atom stereocenters. The average molecular weight is 184 g/mol. The highest BCUT2D eigenvalue weighted by atomic mass is 15.2. The van der Waals surface area contributed by atoms with E-state index in [0.717, 1.165) is 12.5 Å². The Morgan fingerprint density at radius 1 is 1.46 bits per heavy atom. The Hall–Kier alpha value is -0.0800. The number of hydrogen-bond acceptors (Lipinski definition) is 2. The summed E-state index contributed by atoms with van der Waals surface area (Å²) >= 11 is 0. The van der Waals surface area contributed by atoms with Crippen molar-refractivity contribution in [1.82, 2.24) is 4.90 Å². The summed E-state index contributed by atoms with van der Waals surface area (Å²) in [5, 5.41) is 0. The number of likely N-dealkylation sites (tertiary alicyclic amines) is 1. The summed E-state index contributed by atoms with van der Waals surface area (Å²) in [6.07, 6.45) is 3.89. The van der Waals surface area contributed by atoms with Crippen LogP contribution in [0.3, 0.4) is 0 Å². The van der Waals surface area contributed by atoms with Crippen LogP contribution in [0.2, 0.25) is 0 Å². The second-order valence-electron chi connectivity index (χ2n) is 4.83. The van der Waals surface area contributed by atoms with Crippen LogP contribution in [0.5, 0.6) is 0 Å². The van der Waals surface area contributed by atoms with Crippen LogP contribution in [-0.2, 0) is 0 Å². The van der Waals surface area contributed by atoms with Gasteiger partial charge in [-0.15, -0.1) is 0 Å². The first-order chi connectivity index (χ1) is 6.10. The number of nitrogens with two attached hydrogens (primary N) is 1. The number of hydrogen-bond donors (Lipinski definition) is 1. The molecular weight excluding hydrogens is 160 g/mol. The Bertz CT molecular complexity index is 154. The molecular formula is C11H24N2. The summed E-state index contributed by atoms with van der Waals surface area (Å²) in [7, 11) is 0. The third-order valence-electron chi connectivity index (χ3n) is 3.46. The third-order valence-corrected chi connectivity index (χ3v) is 3.46. The SMILES string of the molecule is CCN1CC(CCN)CCC1(C)C. The van der Waals surface area contributed by atoms with E-state index in [0.29, 0.717) is 5.54 Å². The molecule has 0 aromatic heterocycles. The van der Waals surface area contributed by atoms with E-state index in [9.17, 15) is 0 Å². The van der Waals surface area contributed by atoms with Crippen molar-refractivity contribution in [2.75, 3.05) is 19.6 Å². The molecule has 78 valence electrons. The maximum absolute atomic E-state index is 5.60. The first kappa shape index (κ1) is 11.0. The van der Waals surface area contributed by atoms with Crippen molar-refractivity contribution >= 4 is 0 Å². The second-order valence-corrected chi connectivity index (χ2v) is 4.83. The van der Waals surface area contributed by atoms with Gasteiger partial charge in [0.1, 0.15) is 0 Å².